The van der Waals surface area contributed by atoms with Gasteiger partial charge < -0.3 is 51.1 Å². The van der Waals surface area contributed by atoms with Crippen molar-refractivity contribution in [2.24, 2.45) is 0 Å². The van der Waals surface area contributed by atoms with Gasteiger partial charge in [-0.3, -0.25) is 0 Å². The van der Waals surface area contributed by atoms with Crippen molar-refractivity contribution in [3.8, 4) is 0 Å². The predicted octanol–water partition coefficient (Wildman–Crippen LogP) is -11.2. The zero-order valence-electron chi connectivity index (χ0n) is 16.9. The normalized spacial score (nSPS) is 9.53. The third-order valence-corrected chi connectivity index (χ3v) is 1.79. The van der Waals surface area contributed by atoms with Crippen LogP contribution in [0.1, 0.15) is 34.6 Å². The Morgan fingerprint density at radius 2 is 0.302 bits per heavy atom. The molecule has 0 aliphatic heterocycles. The minimum absolute atomic E-state index is 0. The van der Waals surface area contributed by atoms with E-state index in [1.54, 1.807) is 0 Å². The van der Waals surface area contributed by atoms with Gasteiger partial charge in [0.2, 0.25) is 0 Å². The zero-order valence-corrected chi connectivity index (χ0v) is 16.9. The number of rotatable bonds is 5. The summed E-state index contributed by atoms with van der Waals surface area (Å²) >= 11 is 0. The molecule has 0 radical (unpaired) electrons. The molecule has 0 rings (SSSR count). The second-order valence-corrected chi connectivity index (χ2v) is 5.07. The molecule has 15 nitrogen and oxygen atoms in total. The molecule has 0 amide bonds. The summed E-state index contributed by atoms with van der Waals surface area (Å²) in [6.45, 7) is 5.98. The van der Waals surface area contributed by atoms with Crippen LogP contribution in [-0.2, 0) is 24.0 Å². The van der Waals surface area contributed by atoms with Crippen LogP contribution in [0.25, 0.3) is 0 Å². The van der Waals surface area contributed by atoms with Crippen molar-refractivity contribution in [3.05, 3.63) is 0 Å². The summed E-state index contributed by atoms with van der Waals surface area (Å²) in [4.78, 5) is 47.2. The first-order valence-electron chi connectivity index (χ1n) is 7.76. The first-order chi connectivity index (χ1) is 13.2. The number of carbonyl (C=O) groups is 5. The maximum absolute atomic E-state index is 9.45. The molecule has 10 N–H and O–H groups in total. The quantitative estimate of drug-likeness (QED) is 0.116. The van der Waals surface area contributed by atoms with Crippen LogP contribution in [0.5, 0.6) is 0 Å². The standard InChI is InChI=1S/5C3H6O3.13Na.13H/c5*1-2(4)3(5)6;;;;;;;;;;;;;;;;;;;;;;;;;;/h5*2,4H,1H3,(H,5,6);;;;;;;;;;;;;;;;;;;;;;;;;;. The van der Waals surface area contributed by atoms with Crippen LogP contribution in [0, 0.1) is 0 Å². The third kappa shape index (κ3) is 144. The zero-order chi connectivity index (χ0) is 25.8. The van der Waals surface area contributed by atoms with Gasteiger partial charge in [-0.1, -0.05) is 0 Å². The minimum atomic E-state index is -1.23. The molecule has 0 aromatic heterocycles. The van der Waals surface area contributed by atoms with Crippen LogP contribution in [0.3, 0.4) is 0 Å². The Balaban J connectivity index is -0.0000000106. The van der Waals surface area contributed by atoms with Gasteiger partial charge in [-0.2, -0.15) is 0 Å². The van der Waals surface area contributed by atoms with Crippen LogP contribution in [0.4, 0.5) is 0 Å². The van der Waals surface area contributed by atoms with E-state index in [1.807, 2.05) is 0 Å². The predicted molar refractivity (Wildman–Crippen MR) is 190 cm³/mol. The Labute approximate surface area is 540 Å². The van der Waals surface area contributed by atoms with Crippen molar-refractivity contribution in [1.82, 2.24) is 0 Å². The maximum atomic E-state index is 9.45. The molecule has 0 saturated carbocycles. The summed E-state index contributed by atoms with van der Waals surface area (Å²) in [5.74, 6) is -5.93. The fourth-order valence-electron chi connectivity index (χ4n) is 0. The van der Waals surface area contributed by atoms with E-state index in [1.165, 1.54) is 34.6 Å². The second-order valence-electron chi connectivity index (χ2n) is 5.07. The molecule has 28 heteroatoms. The number of carboxylic acids is 5. The van der Waals surface area contributed by atoms with Crippen LogP contribution >= 0.6 is 0 Å². The molecule has 5 atom stereocenters. The Morgan fingerprint density at radius 1 is 0.279 bits per heavy atom. The van der Waals surface area contributed by atoms with Gasteiger partial charge in [-0.25, -0.2) is 24.0 Å². The van der Waals surface area contributed by atoms with E-state index in [0.717, 1.165) is 0 Å². The fourth-order valence-corrected chi connectivity index (χ4v) is 0. The van der Waals surface area contributed by atoms with E-state index >= 15 is 0 Å². The van der Waals surface area contributed by atoms with Crippen molar-refractivity contribution in [2.45, 2.75) is 65.1 Å². The van der Waals surface area contributed by atoms with Gasteiger partial charge in [-0.15, -0.1) is 0 Å². The van der Waals surface area contributed by atoms with Crippen LogP contribution in [0.2, 0.25) is 0 Å². The molecule has 0 aromatic carbocycles. The summed E-state index contributed by atoms with van der Waals surface area (Å²) in [5.41, 5.74) is 0. The van der Waals surface area contributed by atoms with E-state index in [2.05, 4.69) is 0 Å². The van der Waals surface area contributed by atoms with Gasteiger partial charge in [0, 0.05) is 0 Å². The van der Waals surface area contributed by atoms with Crippen molar-refractivity contribution in [1.29, 1.82) is 0 Å². The van der Waals surface area contributed by atoms with Crippen LogP contribution in [0.15, 0.2) is 0 Å². The van der Waals surface area contributed by atoms with E-state index in [9.17, 15) is 24.0 Å². The topological polar surface area (TPSA) is 288 Å². The molecule has 0 bridgehead atoms. The molecule has 0 aromatic rings. The van der Waals surface area contributed by atoms with E-state index in [-0.39, 0.29) is 384 Å². The second kappa shape index (κ2) is 84.6. The third-order valence-electron chi connectivity index (χ3n) is 1.79. The van der Waals surface area contributed by atoms with Gasteiger partial charge in [0.15, 0.2) is 0 Å². The molecular formula is C15H43Na13O15. The Morgan fingerprint density at radius 3 is 0.302 bits per heavy atom. The molecule has 0 aliphatic rings. The Bertz CT molecular complexity index is 428. The van der Waals surface area contributed by atoms with Crippen LogP contribution < -0.4 is 0 Å². The number of aliphatic hydroxyl groups excluding tert-OH is 5. The van der Waals surface area contributed by atoms with Crippen molar-refractivity contribution in [3.63, 3.8) is 0 Å². The SMILES string of the molecule is CC(O)C(=O)O.CC(O)C(=O)O.CC(O)C(=O)O.CC(O)C(=O)O.CC(O)C(=O)O.[NaH].[NaH].[NaH].[NaH].[NaH].[NaH].[NaH].[NaH].[NaH].[NaH].[NaH].[NaH].[NaH]. The molecule has 5 unspecified atom stereocenters. The van der Waals surface area contributed by atoms with Gasteiger partial charge >= 0.3 is 414 Å². The summed E-state index contributed by atoms with van der Waals surface area (Å²) < 4.78 is 0. The molecule has 206 valence electrons. The van der Waals surface area contributed by atoms with E-state index < -0.39 is 60.4 Å². The monoisotopic (exact) mass is 762 g/mol. The number of hydrogen-bond donors (Lipinski definition) is 10. The molecule has 0 heterocycles. The summed E-state index contributed by atoms with van der Waals surface area (Å²) in [7, 11) is 0. The summed E-state index contributed by atoms with van der Waals surface area (Å²) in [5, 5.41) is 78.9. The average molecular weight is 762 g/mol. The van der Waals surface area contributed by atoms with Crippen molar-refractivity contribution >= 4 is 414 Å². The van der Waals surface area contributed by atoms with Crippen molar-refractivity contribution < 1.29 is 75.0 Å². The van der Waals surface area contributed by atoms with Gasteiger partial charge in [0.05, 0.1) is 0 Å². The Hall–Kier alpha value is 10.1. The van der Waals surface area contributed by atoms with E-state index in [0.29, 0.717) is 0 Å². The molecular weight excluding hydrogens is 719 g/mol. The molecule has 0 fully saturated rings. The summed E-state index contributed by atoms with van der Waals surface area (Å²) in [6.07, 6.45) is -6.16. The van der Waals surface area contributed by atoms with Gasteiger partial charge in [0.1, 0.15) is 30.5 Å². The average Bonchev–Trinajstić information content (AvgIpc) is 2.56. The van der Waals surface area contributed by atoms with Gasteiger partial charge in [0.25, 0.3) is 0 Å². The van der Waals surface area contributed by atoms with Crippen molar-refractivity contribution in [2.75, 3.05) is 0 Å². The molecule has 0 aliphatic carbocycles. The number of aliphatic hydroxyl groups is 5. The fraction of sp³-hybridized carbons (Fsp3) is 0.667. The summed E-state index contributed by atoms with van der Waals surface area (Å²) in [6, 6.07) is 0. The molecule has 43 heavy (non-hydrogen) atoms. The molecule has 0 saturated heterocycles. The molecule has 0 spiro atoms. The first kappa shape index (κ1) is 117. The Kier molecular flexibility index (Phi) is 230. The van der Waals surface area contributed by atoms with E-state index in [4.69, 9.17) is 51.1 Å². The number of carboxylic acid groups (broad SMARTS) is 5. The van der Waals surface area contributed by atoms with Gasteiger partial charge in [-0.05, 0) is 34.6 Å². The van der Waals surface area contributed by atoms with Crippen LogP contribution in [-0.4, -0.2) is 496 Å². The number of hydrogen-bond acceptors (Lipinski definition) is 10. The first-order valence-corrected chi connectivity index (χ1v) is 7.76. The number of aliphatic carboxylic acids is 5.